The normalized spacial score (nSPS) is 14.8. The van der Waals surface area contributed by atoms with Gasteiger partial charge in [0, 0.05) is 6.42 Å². The molecule has 9 heteroatoms. The number of carbonyl (C=O) groups is 1. The Hall–Kier alpha value is -1.02. The van der Waals surface area contributed by atoms with Crippen LogP contribution in [0.3, 0.4) is 0 Å². The summed E-state index contributed by atoms with van der Waals surface area (Å²) in [5.41, 5.74) is 0. The molecule has 50 heavy (non-hydrogen) atoms. The molecule has 8 nitrogen and oxygen atoms in total. The highest BCUT2D eigenvalue weighted by molar-refractivity contribution is 7.47. The minimum absolute atomic E-state index is 0.0615. The third kappa shape index (κ3) is 35.4. The highest BCUT2D eigenvalue weighted by atomic mass is 31.2. The van der Waals surface area contributed by atoms with Crippen molar-refractivity contribution in [3.05, 3.63) is 24.3 Å². The second kappa shape index (κ2) is 33.8. The van der Waals surface area contributed by atoms with E-state index >= 15 is 0 Å². The maximum atomic E-state index is 12.8. The van der Waals surface area contributed by atoms with Gasteiger partial charge in [-0.2, -0.15) is 0 Å². The van der Waals surface area contributed by atoms with Gasteiger partial charge in [0.25, 0.3) is 0 Å². The molecule has 1 unspecified atom stereocenters. The number of allylic oxidation sites excluding steroid dienone is 3. The lowest BCUT2D eigenvalue weighted by Crippen LogP contribution is -2.45. The molecule has 3 N–H and O–H groups in total. The van der Waals surface area contributed by atoms with Gasteiger partial charge in [-0.3, -0.25) is 13.8 Å². The van der Waals surface area contributed by atoms with E-state index in [1.54, 1.807) is 6.08 Å². The van der Waals surface area contributed by atoms with E-state index in [2.05, 4.69) is 31.3 Å². The van der Waals surface area contributed by atoms with Crippen LogP contribution < -0.4 is 5.32 Å². The largest absolute Gasteiger partial charge is 0.472 e. The number of unbranched alkanes of at least 4 members (excludes halogenated alkanes) is 22. The number of aliphatic hydroxyl groups excluding tert-OH is 1. The Morgan fingerprint density at radius 3 is 1.62 bits per heavy atom. The summed E-state index contributed by atoms with van der Waals surface area (Å²) in [6.45, 7) is 4.75. The molecule has 0 aliphatic rings. The van der Waals surface area contributed by atoms with Crippen LogP contribution in [0.1, 0.15) is 181 Å². The lowest BCUT2D eigenvalue weighted by Gasteiger charge is -2.25. The molecule has 0 radical (unpaired) electrons. The predicted molar refractivity (Wildman–Crippen MR) is 212 cm³/mol. The second-order valence-corrected chi connectivity index (χ2v) is 16.8. The number of rotatable bonds is 37. The highest BCUT2D eigenvalue weighted by Crippen LogP contribution is 2.43. The van der Waals surface area contributed by atoms with Gasteiger partial charge in [0.2, 0.25) is 5.91 Å². The lowest BCUT2D eigenvalue weighted by molar-refractivity contribution is -0.870. The quantitative estimate of drug-likeness (QED) is 0.0254. The Morgan fingerprint density at radius 2 is 1.12 bits per heavy atom. The molecule has 0 aliphatic carbocycles. The third-order valence-corrected chi connectivity index (χ3v) is 10.1. The van der Waals surface area contributed by atoms with Gasteiger partial charge in [-0.15, -0.1) is 0 Å². The van der Waals surface area contributed by atoms with E-state index in [4.69, 9.17) is 9.05 Å². The van der Waals surface area contributed by atoms with Crippen LogP contribution in [0, 0.1) is 0 Å². The minimum atomic E-state index is -4.33. The fourth-order valence-electron chi connectivity index (χ4n) is 5.81. The number of hydrogen-bond acceptors (Lipinski definition) is 5. The van der Waals surface area contributed by atoms with Crippen LogP contribution in [0.4, 0.5) is 0 Å². The molecule has 0 saturated carbocycles. The number of hydrogen-bond donors (Lipinski definition) is 3. The molecule has 0 aliphatic heterocycles. The number of phosphoric acid groups is 1. The average molecular weight is 730 g/mol. The molecule has 1 amide bonds. The van der Waals surface area contributed by atoms with Crippen LogP contribution in [0.25, 0.3) is 0 Å². The fourth-order valence-corrected chi connectivity index (χ4v) is 6.54. The molecular formula is C41H82N2O6P+. The first-order chi connectivity index (χ1) is 24.0. The zero-order valence-electron chi connectivity index (χ0n) is 33.4. The molecule has 0 aromatic heterocycles. The molecule has 3 atom stereocenters. The highest BCUT2D eigenvalue weighted by Gasteiger charge is 2.27. The van der Waals surface area contributed by atoms with Gasteiger partial charge < -0.3 is 19.8 Å². The van der Waals surface area contributed by atoms with Gasteiger partial charge in [0.05, 0.1) is 39.9 Å². The first-order valence-corrected chi connectivity index (χ1v) is 22.2. The SMILES string of the molecule is CCC/C=C\CCCCCCCC/C=C/[C@@H](O)[C@H](COP(=O)(O)OCC[N+](C)(C)C)NC(=O)CCCCCCCCCCCCCCCCC. The number of quaternary nitrogens is 1. The van der Waals surface area contributed by atoms with Gasteiger partial charge in [-0.05, 0) is 38.5 Å². The van der Waals surface area contributed by atoms with Gasteiger partial charge >= 0.3 is 7.82 Å². The summed E-state index contributed by atoms with van der Waals surface area (Å²) >= 11 is 0. The predicted octanol–water partition coefficient (Wildman–Crippen LogP) is 11.0. The van der Waals surface area contributed by atoms with Crippen LogP contribution in [0.5, 0.6) is 0 Å². The van der Waals surface area contributed by atoms with E-state index in [1.165, 1.54) is 122 Å². The molecule has 0 fully saturated rings. The molecule has 0 bridgehead atoms. The molecule has 0 heterocycles. The number of nitrogens with one attached hydrogen (secondary N) is 1. The standard InChI is InChI=1S/C41H81N2O6P/c1-6-8-10-12-14-16-18-20-21-23-25-27-29-31-33-35-41(45)42-39(38-49-50(46,47)48-37-36-43(3,4)5)40(44)34-32-30-28-26-24-22-19-17-15-13-11-9-7-2/h11,13,32,34,39-40,44H,6-10,12,14-31,33,35-38H2,1-5H3,(H-,42,45,46,47)/p+1/b13-11-,34-32+/t39-,40+/m0/s1. The molecule has 0 aromatic carbocycles. The van der Waals surface area contributed by atoms with Crippen LogP contribution in [-0.4, -0.2) is 73.4 Å². The lowest BCUT2D eigenvalue weighted by atomic mass is 10.0. The van der Waals surface area contributed by atoms with Crippen molar-refractivity contribution in [1.82, 2.24) is 5.32 Å². The van der Waals surface area contributed by atoms with Gasteiger partial charge in [0.15, 0.2) is 0 Å². The number of amides is 1. The molecule has 0 spiro atoms. The van der Waals surface area contributed by atoms with Gasteiger partial charge in [-0.1, -0.05) is 160 Å². The summed E-state index contributed by atoms with van der Waals surface area (Å²) in [4.78, 5) is 23.0. The zero-order valence-corrected chi connectivity index (χ0v) is 34.3. The number of aliphatic hydroxyl groups is 1. The van der Waals surface area contributed by atoms with E-state index in [0.29, 0.717) is 17.4 Å². The van der Waals surface area contributed by atoms with Crippen molar-refractivity contribution in [2.24, 2.45) is 0 Å². The fraction of sp³-hybridized carbons (Fsp3) is 0.878. The molecule has 0 saturated heterocycles. The molecule has 0 rings (SSSR count). The molecular weight excluding hydrogens is 647 g/mol. The summed E-state index contributed by atoms with van der Waals surface area (Å²) in [5.74, 6) is -0.180. The summed E-state index contributed by atoms with van der Waals surface area (Å²) in [6.07, 6.45) is 38.1. The third-order valence-electron chi connectivity index (χ3n) is 9.15. The monoisotopic (exact) mass is 730 g/mol. The zero-order chi connectivity index (χ0) is 37.2. The molecule has 0 aromatic rings. The number of nitrogens with zero attached hydrogens (tertiary/aromatic N) is 1. The first kappa shape index (κ1) is 49.0. The number of phosphoric ester groups is 1. The summed E-state index contributed by atoms with van der Waals surface area (Å²) in [7, 11) is 1.57. The van der Waals surface area contributed by atoms with E-state index < -0.39 is 20.0 Å². The Labute approximate surface area is 309 Å². The summed E-state index contributed by atoms with van der Waals surface area (Å²) in [5, 5.41) is 13.8. The molecule has 296 valence electrons. The van der Waals surface area contributed by atoms with E-state index in [9.17, 15) is 19.4 Å². The maximum absolute atomic E-state index is 12.8. The average Bonchev–Trinajstić information content (AvgIpc) is 3.06. The summed E-state index contributed by atoms with van der Waals surface area (Å²) in [6, 6.07) is -0.844. The van der Waals surface area contributed by atoms with Crippen molar-refractivity contribution < 1.29 is 32.9 Å². The second-order valence-electron chi connectivity index (χ2n) is 15.4. The van der Waals surface area contributed by atoms with Gasteiger partial charge in [-0.25, -0.2) is 4.57 Å². The van der Waals surface area contributed by atoms with Crippen molar-refractivity contribution in [1.29, 1.82) is 0 Å². The number of likely N-dealkylation sites (N-methyl/N-ethyl adjacent to an activating group) is 1. The van der Waals surface area contributed by atoms with E-state index in [1.807, 2.05) is 27.2 Å². The van der Waals surface area contributed by atoms with Crippen molar-refractivity contribution >= 4 is 13.7 Å². The Bertz CT molecular complexity index is 876. The van der Waals surface area contributed by atoms with Crippen LogP contribution in [0.2, 0.25) is 0 Å². The van der Waals surface area contributed by atoms with Crippen LogP contribution in [-0.2, 0) is 18.4 Å². The van der Waals surface area contributed by atoms with Crippen molar-refractivity contribution in [3.8, 4) is 0 Å². The first-order valence-electron chi connectivity index (χ1n) is 20.7. The van der Waals surface area contributed by atoms with Crippen molar-refractivity contribution in [2.75, 3.05) is 40.9 Å². The maximum Gasteiger partial charge on any atom is 0.472 e. The summed E-state index contributed by atoms with van der Waals surface area (Å²) < 4.78 is 23.5. The van der Waals surface area contributed by atoms with Crippen LogP contribution in [0.15, 0.2) is 24.3 Å². The number of carbonyl (C=O) groups excluding carboxylic acids is 1. The van der Waals surface area contributed by atoms with Crippen LogP contribution >= 0.6 is 7.82 Å². The minimum Gasteiger partial charge on any atom is -0.387 e. The van der Waals surface area contributed by atoms with E-state index in [0.717, 1.165) is 38.5 Å². The van der Waals surface area contributed by atoms with Crippen molar-refractivity contribution in [3.63, 3.8) is 0 Å². The Morgan fingerprint density at radius 1 is 0.660 bits per heavy atom. The smallest absolute Gasteiger partial charge is 0.387 e. The Balaban J connectivity index is 4.47. The van der Waals surface area contributed by atoms with Gasteiger partial charge in [0.1, 0.15) is 13.2 Å². The van der Waals surface area contributed by atoms with E-state index in [-0.39, 0.29) is 19.1 Å². The topological polar surface area (TPSA) is 105 Å². The van der Waals surface area contributed by atoms with Crippen molar-refractivity contribution in [2.45, 2.75) is 193 Å². The Kier molecular flexibility index (Phi) is 33.1.